The lowest BCUT2D eigenvalue weighted by molar-refractivity contribution is 0.0781. The fourth-order valence-corrected chi connectivity index (χ4v) is 2.12. The Hall–Kier alpha value is -1.06. The van der Waals surface area contributed by atoms with E-state index in [4.69, 9.17) is 16.3 Å². The van der Waals surface area contributed by atoms with Crippen LogP contribution in [0.5, 0.6) is 0 Å². The van der Waals surface area contributed by atoms with E-state index in [2.05, 4.69) is 0 Å². The first kappa shape index (κ1) is 15.0. The van der Waals surface area contributed by atoms with Gasteiger partial charge >= 0.3 is 0 Å². The van der Waals surface area contributed by atoms with Crippen LogP contribution in [0.4, 0.5) is 0 Å². The standard InChI is InChI=1S/C14H20ClNO2/c1-10-5-6-11(2)13(7-10)14(17)16(3)8-12(15)9-18-4/h5-7,12H,8-9H2,1-4H3. The van der Waals surface area contributed by atoms with Crippen LogP contribution in [0.1, 0.15) is 21.5 Å². The van der Waals surface area contributed by atoms with E-state index in [1.54, 1.807) is 19.1 Å². The lowest BCUT2D eigenvalue weighted by Gasteiger charge is -2.21. The molecule has 1 aromatic carbocycles. The van der Waals surface area contributed by atoms with Crippen LogP contribution >= 0.6 is 11.6 Å². The number of alkyl halides is 1. The van der Waals surface area contributed by atoms with Gasteiger partial charge in [-0.05, 0) is 25.5 Å². The molecule has 0 saturated carbocycles. The van der Waals surface area contributed by atoms with E-state index >= 15 is 0 Å². The normalized spacial score (nSPS) is 12.3. The quantitative estimate of drug-likeness (QED) is 0.769. The number of aryl methyl sites for hydroxylation is 2. The lowest BCUT2D eigenvalue weighted by atomic mass is 10.0. The molecule has 1 amide bonds. The highest BCUT2D eigenvalue weighted by Crippen LogP contribution is 2.13. The molecule has 0 bridgehead atoms. The summed E-state index contributed by atoms with van der Waals surface area (Å²) in [5, 5.41) is -0.186. The van der Waals surface area contributed by atoms with Crippen molar-refractivity contribution in [2.24, 2.45) is 0 Å². The van der Waals surface area contributed by atoms with E-state index in [0.29, 0.717) is 13.2 Å². The number of ether oxygens (including phenoxy) is 1. The smallest absolute Gasteiger partial charge is 0.253 e. The van der Waals surface area contributed by atoms with Gasteiger partial charge in [0.05, 0.1) is 12.0 Å². The summed E-state index contributed by atoms with van der Waals surface area (Å²) in [6.45, 7) is 4.83. The van der Waals surface area contributed by atoms with Crippen LogP contribution in [0, 0.1) is 13.8 Å². The van der Waals surface area contributed by atoms with Crippen LogP contribution in [0.15, 0.2) is 18.2 Å². The van der Waals surface area contributed by atoms with Crippen LogP contribution in [0.2, 0.25) is 0 Å². The monoisotopic (exact) mass is 269 g/mol. The maximum absolute atomic E-state index is 12.3. The number of benzene rings is 1. The number of amides is 1. The summed E-state index contributed by atoms with van der Waals surface area (Å²) >= 11 is 6.06. The van der Waals surface area contributed by atoms with Crippen molar-refractivity contribution in [3.8, 4) is 0 Å². The Balaban J connectivity index is 2.77. The SMILES string of the molecule is COCC(Cl)CN(C)C(=O)c1cc(C)ccc1C. The van der Waals surface area contributed by atoms with E-state index in [1.165, 1.54) is 0 Å². The summed E-state index contributed by atoms with van der Waals surface area (Å²) < 4.78 is 4.96. The number of rotatable bonds is 5. The van der Waals surface area contributed by atoms with Gasteiger partial charge in [0.25, 0.3) is 5.91 Å². The molecule has 0 saturated heterocycles. The molecule has 0 spiro atoms. The molecule has 4 heteroatoms. The van der Waals surface area contributed by atoms with Crippen LogP contribution in [0.25, 0.3) is 0 Å². The molecule has 0 aromatic heterocycles. The van der Waals surface area contributed by atoms with Gasteiger partial charge in [0.1, 0.15) is 0 Å². The Bertz CT molecular complexity index is 420. The highest BCUT2D eigenvalue weighted by molar-refractivity contribution is 6.21. The summed E-state index contributed by atoms with van der Waals surface area (Å²) in [6, 6.07) is 5.87. The molecule has 1 unspecified atom stereocenters. The highest BCUT2D eigenvalue weighted by Gasteiger charge is 2.17. The third kappa shape index (κ3) is 4.00. The average molecular weight is 270 g/mol. The fourth-order valence-electron chi connectivity index (χ4n) is 1.79. The largest absolute Gasteiger partial charge is 0.383 e. The molecule has 3 nitrogen and oxygen atoms in total. The Kier molecular flexibility index (Phi) is 5.63. The third-order valence-electron chi connectivity index (χ3n) is 2.79. The Labute approximate surface area is 114 Å². The average Bonchev–Trinajstić information content (AvgIpc) is 2.31. The molecule has 1 rings (SSSR count). The predicted octanol–water partition coefficient (Wildman–Crippen LogP) is 2.63. The predicted molar refractivity (Wildman–Crippen MR) is 74.4 cm³/mol. The Morgan fingerprint density at radius 1 is 1.44 bits per heavy atom. The highest BCUT2D eigenvalue weighted by atomic mass is 35.5. The van der Waals surface area contributed by atoms with Crippen molar-refractivity contribution < 1.29 is 9.53 Å². The zero-order valence-corrected chi connectivity index (χ0v) is 12.1. The number of halogens is 1. The second-order valence-corrected chi connectivity index (χ2v) is 5.17. The topological polar surface area (TPSA) is 29.5 Å². The molecule has 1 atom stereocenters. The number of methoxy groups -OCH3 is 1. The molecular weight excluding hydrogens is 250 g/mol. The van der Waals surface area contributed by atoms with Crippen molar-refractivity contribution in [2.45, 2.75) is 19.2 Å². The molecule has 1 aromatic rings. The van der Waals surface area contributed by atoms with Crippen LogP contribution < -0.4 is 0 Å². The molecule has 0 N–H and O–H groups in total. The summed E-state index contributed by atoms with van der Waals surface area (Å²) in [5.41, 5.74) is 2.80. The molecule has 0 aliphatic heterocycles. The second-order valence-electron chi connectivity index (χ2n) is 4.56. The number of hydrogen-bond acceptors (Lipinski definition) is 2. The molecule has 0 aliphatic carbocycles. The fraction of sp³-hybridized carbons (Fsp3) is 0.500. The summed E-state index contributed by atoms with van der Waals surface area (Å²) in [4.78, 5) is 13.9. The van der Waals surface area contributed by atoms with E-state index < -0.39 is 0 Å². The Morgan fingerprint density at radius 2 is 2.11 bits per heavy atom. The van der Waals surface area contributed by atoms with Gasteiger partial charge in [0, 0.05) is 26.3 Å². The van der Waals surface area contributed by atoms with E-state index in [1.807, 2.05) is 32.0 Å². The minimum Gasteiger partial charge on any atom is -0.383 e. The van der Waals surface area contributed by atoms with E-state index in [-0.39, 0.29) is 11.3 Å². The van der Waals surface area contributed by atoms with Crippen molar-refractivity contribution >= 4 is 17.5 Å². The van der Waals surface area contributed by atoms with Gasteiger partial charge < -0.3 is 9.64 Å². The van der Waals surface area contributed by atoms with E-state index in [9.17, 15) is 4.79 Å². The summed E-state index contributed by atoms with van der Waals surface area (Å²) in [5.74, 6) is -0.00190. The number of hydrogen-bond donors (Lipinski definition) is 0. The number of carbonyl (C=O) groups is 1. The zero-order chi connectivity index (χ0) is 13.7. The van der Waals surface area contributed by atoms with Crippen molar-refractivity contribution in [3.63, 3.8) is 0 Å². The van der Waals surface area contributed by atoms with Gasteiger partial charge in [-0.2, -0.15) is 0 Å². The minimum atomic E-state index is -0.186. The molecule has 100 valence electrons. The van der Waals surface area contributed by atoms with E-state index in [0.717, 1.165) is 16.7 Å². The molecular formula is C14H20ClNO2. The van der Waals surface area contributed by atoms with Gasteiger partial charge in [-0.3, -0.25) is 4.79 Å². The minimum absolute atomic E-state index is 0.00190. The summed E-state index contributed by atoms with van der Waals surface area (Å²) in [6.07, 6.45) is 0. The third-order valence-corrected chi connectivity index (χ3v) is 3.05. The number of nitrogens with zero attached hydrogens (tertiary/aromatic N) is 1. The maximum Gasteiger partial charge on any atom is 0.253 e. The number of carbonyl (C=O) groups excluding carboxylic acids is 1. The van der Waals surface area contributed by atoms with Crippen molar-refractivity contribution in [2.75, 3.05) is 27.3 Å². The van der Waals surface area contributed by atoms with Gasteiger partial charge in [-0.15, -0.1) is 11.6 Å². The maximum atomic E-state index is 12.3. The first-order valence-electron chi connectivity index (χ1n) is 5.91. The van der Waals surface area contributed by atoms with Crippen LogP contribution in [-0.4, -0.2) is 43.5 Å². The van der Waals surface area contributed by atoms with Gasteiger partial charge in [-0.1, -0.05) is 17.7 Å². The van der Waals surface area contributed by atoms with Gasteiger partial charge in [-0.25, -0.2) is 0 Å². The first-order chi connectivity index (χ1) is 8.45. The van der Waals surface area contributed by atoms with Crippen molar-refractivity contribution in [3.05, 3.63) is 34.9 Å². The molecule has 0 heterocycles. The zero-order valence-electron chi connectivity index (χ0n) is 11.4. The van der Waals surface area contributed by atoms with Crippen molar-refractivity contribution in [1.82, 2.24) is 4.90 Å². The van der Waals surface area contributed by atoms with Crippen LogP contribution in [0.3, 0.4) is 0 Å². The molecule has 0 aliphatic rings. The second kappa shape index (κ2) is 6.76. The van der Waals surface area contributed by atoms with Gasteiger partial charge in [0.2, 0.25) is 0 Å². The molecule has 18 heavy (non-hydrogen) atoms. The lowest BCUT2D eigenvalue weighted by Crippen LogP contribution is -2.34. The Morgan fingerprint density at radius 3 is 2.72 bits per heavy atom. The molecule has 0 radical (unpaired) electrons. The first-order valence-corrected chi connectivity index (χ1v) is 6.35. The van der Waals surface area contributed by atoms with Crippen LogP contribution in [-0.2, 0) is 4.74 Å². The van der Waals surface area contributed by atoms with Crippen molar-refractivity contribution in [1.29, 1.82) is 0 Å². The molecule has 0 fully saturated rings. The van der Waals surface area contributed by atoms with Gasteiger partial charge in [0.15, 0.2) is 0 Å². The summed E-state index contributed by atoms with van der Waals surface area (Å²) in [7, 11) is 3.36.